The Morgan fingerprint density at radius 3 is 1.44 bits per heavy atom. The number of rotatable bonds is 2. The number of halogens is 4. The Morgan fingerprint density at radius 1 is 0.875 bits per heavy atom. The third-order valence-electron chi connectivity index (χ3n) is 1.83. The van der Waals surface area contributed by atoms with Gasteiger partial charge in [0.2, 0.25) is 0 Å². The molecule has 0 amide bonds. The van der Waals surface area contributed by atoms with E-state index in [1.165, 1.54) is 6.92 Å². The molecule has 1 aromatic rings. The van der Waals surface area contributed by atoms with E-state index < -0.39 is 5.97 Å². The zero-order chi connectivity index (χ0) is 12.6. The minimum absolute atomic E-state index is 0.0402. The molecule has 7 heteroatoms. The molecule has 1 aromatic carbocycles. The molecule has 3 nitrogen and oxygen atoms in total. The van der Waals surface area contributed by atoms with Crippen molar-refractivity contribution in [2.24, 2.45) is 0 Å². The lowest BCUT2D eigenvalue weighted by Gasteiger charge is -2.12. The Bertz CT molecular complexity index is 422. The summed E-state index contributed by atoms with van der Waals surface area (Å²) in [5.41, 5.74) is 0.889. The van der Waals surface area contributed by atoms with Gasteiger partial charge in [0.1, 0.15) is 0 Å². The molecule has 86 valence electrons. The van der Waals surface area contributed by atoms with Crippen LogP contribution in [0.15, 0.2) is 0 Å². The predicted molar refractivity (Wildman–Crippen MR) is 94.3 cm³/mol. The summed E-state index contributed by atoms with van der Waals surface area (Å²) in [7, 11) is 0. The molecule has 0 heterocycles. The summed E-state index contributed by atoms with van der Waals surface area (Å²) < 4.78 is 2.68. The normalized spacial score (nSPS) is 10.3. The molecule has 0 aliphatic rings. The van der Waals surface area contributed by atoms with Crippen LogP contribution in [-0.4, -0.2) is 16.9 Å². The predicted octanol–water partition coefficient (Wildman–Crippen LogP) is 4.01. The Hall–Kier alpha value is 1.28. The highest BCUT2D eigenvalue weighted by Gasteiger charge is 2.24. The Balaban J connectivity index is 3.77. The van der Waals surface area contributed by atoms with E-state index in [4.69, 9.17) is 5.11 Å². The van der Waals surface area contributed by atoms with Crippen LogP contribution in [0.25, 0.3) is 0 Å². The molecule has 0 atom stereocenters. The first kappa shape index (κ1) is 15.3. The van der Waals surface area contributed by atoms with Gasteiger partial charge in [-0.3, -0.25) is 4.79 Å². The van der Waals surface area contributed by atoms with Crippen LogP contribution in [-0.2, 0) is 0 Å². The molecule has 0 aliphatic carbocycles. The van der Waals surface area contributed by atoms with Gasteiger partial charge < -0.3 is 5.11 Å². The van der Waals surface area contributed by atoms with E-state index in [2.05, 4.69) is 0 Å². The van der Waals surface area contributed by atoms with Gasteiger partial charge in [-0.1, -0.05) is 0 Å². The minimum atomic E-state index is -0.959. The number of carboxylic acid groups (broad SMARTS) is 1. The van der Waals surface area contributed by atoms with Crippen LogP contribution >= 0.6 is 90.4 Å². The Labute approximate surface area is 147 Å². The summed E-state index contributed by atoms with van der Waals surface area (Å²) in [6.07, 6.45) is 0. The second kappa shape index (κ2) is 5.95. The molecule has 0 saturated heterocycles. The van der Waals surface area contributed by atoms with Crippen molar-refractivity contribution in [2.75, 3.05) is 0 Å². The molecule has 0 saturated carbocycles. The lowest BCUT2D eigenvalue weighted by molar-refractivity contribution is 0.0693. The average molecular weight is 668 g/mol. The highest BCUT2D eigenvalue weighted by molar-refractivity contribution is 14.1. The number of ketones is 1. The van der Waals surface area contributed by atoms with Gasteiger partial charge in [-0.2, -0.15) is 0 Å². The fraction of sp³-hybridized carbons (Fsp3) is 0.111. The zero-order valence-corrected chi connectivity index (χ0v) is 16.4. The van der Waals surface area contributed by atoms with Crippen molar-refractivity contribution in [3.8, 4) is 0 Å². The summed E-state index contributed by atoms with van der Waals surface area (Å²) in [4.78, 5) is 22.6. The van der Waals surface area contributed by atoms with Gasteiger partial charge in [-0.15, -0.1) is 0 Å². The van der Waals surface area contributed by atoms with Crippen molar-refractivity contribution in [2.45, 2.75) is 6.92 Å². The first-order valence-electron chi connectivity index (χ1n) is 3.89. The molecular formula is C9H4I4O3. The standard InChI is InChI=1S/C9H4I4O3/c1-2(14)3-5(10)7(12)4(9(15)16)8(13)6(3)11/h1H3,(H,15,16). The largest absolute Gasteiger partial charge is 0.478 e. The molecule has 0 bridgehead atoms. The maximum Gasteiger partial charge on any atom is 0.337 e. The third kappa shape index (κ3) is 2.81. The molecule has 1 N–H and O–H groups in total. The van der Waals surface area contributed by atoms with E-state index in [9.17, 15) is 9.59 Å². The number of carboxylic acids is 1. The highest BCUT2D eigenvalue weighted by atomic mass is 127. The summed E-state index contributed by atoms with van der Waals surface area (Å²) in [5, 5.41) is 9.12. The van der Waals surface area contributed by atoms with E-state index in [1.807, 2.05) is 90.4 Å². The SMILES string of the molecule is CC(=O)c1c(I)c(I)c(C(=O)O)c(I)c1I. The van der Waals surface area contributed by atoms with Crippen molar-refractivity contribution in [3.63, 3.8) is 0 Å². The second-order valence-electron chi connectivity index (χ2n) is 2.87. The highest BCUT2D eigenvalue weighted by Crippen LogP contribution is 2.33. The smallest absolute Gasteiger partial charge is 0.337 e. The van der Waals surface area contributed by atoms with Gasteiger partial charge in [0.25, 0.3) is 0 Å². The van der Waals surface area contributed by atoms with Crippen LogP contribution in [0.1, 0.15) is 27.6 Å². The van der Waals surface area contributed by atoms with Crippen molar-refractivity contribution in [1.29, 1.82) is 0 Å². The number of carbonyl (C=O) groups is 2. The monoisotopic (exact) mass is 668 g/mol. The second-order valence-corrected chi connectivity index (χ2v) is 7.18. The van der Waals surface area contributed by atoms with E-state index in [0.717, 1.165) is 0 Å². The van der Waals surface area contributed by atoms with Crippen LogP contribution in [0.2, 0.25) is 0 Å². The van der Waals surface area contributed by atoms with E-state index >= 15 is 0 Å². The molecule has 0 unspecified atom stereocenters. The van der Waals surface area contributed by atoms with Crippen LogP contribution in [0.3, 0.4) is 0 Å². The van der Waals surface area contributed by atoms with E-state index in [-0.39, 0.29) is 11.3 Å². The molecule has 0 aromatic heterocycles. The van der Waals surface area contributed by atoms with Crippen molar-refractivity contribution in [3.05, 3.63) is 25.4 Å². The number of aromatic carboxylic acids is 1. The van der Waals surface area contributed by atoms with Crippen LogP contribution in [0.4, 0.5) is 0 Å². The maximum atomic E-state index is 11.5. The number of carbonyl (C=O) groups excluding carboxylic acids is 1. The molecule has 0 spiro atoms. The number of Topliss-reactive ketones (excluding diaryl/α,β-unsaturated/α-hetero) is 1. The van der Waals surface area contributed by atoms with Crippen LogP contribution in [0, 0.1) is 14.3 Å². The third-order valence-corrected chi connectivity index (χ3v) is 8.21. The number of hydrogen-bond acceptors (Lipinski definition) is 2. The topological polar surface area (TPSA) is 54.4 Å². The number of hydrogen-bond donors (Lipinski definition) is 1. The summed E-state index contributed by atoms with van der Waals surface area (Å²) in [6.45, 7) is 1.49. The van der Waals surface area contributed by atoms with Gasteiger partial charge in [-0.25, -0.2) is 4.79 Å². The molecule has 0 radical (unpaired) electrons. The zero-order valence-electron chi connectivity index (χ0n) is 7.78. The quantitative estimate of drug-likeness (QED) is 0.295. The summed E-state index contributed by atoms with van der Waals surface area (Å²) >= 11 is 7.99. The maximum absolute atomic E-state index is 11.5. The lowest BCUT2D eigenvalue weighted by Crippen LogP contribution is -2.12. The minimum Gasteiger partial charge on any atom is -0.478 e. The van der Waals surface area contributed by atoms with E-state index in [1.54, 1.807) is 0 Å². The van der Waals surface area contributed by atoms with Gasteiger partial charge >= 0.3 is 5.97 Å². The van der Waals surface area contributed by atoms with Crippen LogP contribution in [0.5, 0.6) is 0 Å². The number of benzene rings is 1. The fourth-order valence-electron chi connectivity index (χ4n) is 1.13. The molecule has 16 heavy (non-hydrogen) atoms. The average Bonchev–Trinajstić information content (AvgIpc) is 2.14. The van der Waals surface area contributed by atoms with Crippen molar-refractivity contribution < 1.29 is 14.7 Å². The lowest BCUT2D eigenvalue weighted by atomic mass is 10.1. The molecular weight excluding hydrogens is 664 g/mol. The Kier molecular flexibility index (Phi) is 5.70. The van der Waals surface area contributed by atoms with E-state index in [0.29, 0.717) is 19.8 Å². The first-order chi connectivity index (χ1) is 7.29. The molecule has 0 fully saturated rings. The van der Waals surface area contributed by atoms with Gasteiger partial charge in [0.15, 0.2) is 5.78 Å². The first-order valence-corrected chi connectivity index (χ1v) is 8.20. The van der Waals surface area contributed by atoms with Gasteiger partial charge in [-0.05, 0) is 97.3 Å². The Morgan fingerprint density at radius 2 is 1.19 bits per heavy atom. The van der Waals surface area contributed by atoms with Gasteiger partial charge in [0, 0.05) is 19.8 Å². The van der Waals surface area contributed by atoms with Crippen molar-refractivity contribution in [1.82, 2.24) is 0 Å². The summed E-state index contributed by atoms with van der Waals surface area (Å²) in [6, 6.07) is 0. The van der Waals surface area contributed by atoms with Gasteiger partial charge in [0.05, 0.1) is 5.56 Å². The van der Waals surface area contributed by atoms with Crippen LogP contribution < -0.4 is 0 Å². The molecule has 1 rings (SSSR count). The summed E-state index contributed by atoms with van der Waals surface area (Å²) in [5.74, 6) is -0.999. The fourth-order valence-corrected chi connectivity index (χ4v) is 5.54. The van der Waals surface area contributed by atoms with Crippen molar-refractivity contribution >= 4 is 102 Å². The molecule has 0 aliphatic heterocycles.